The Balaban J connectivity index is 1.79. The first kappa shape index (κ1) is 19.6. The second kappa shape index (κ2) is 7.99. The van der Waals surface area contributed by atoms with E-state index in [0.717, 1.165) is 33.6 Å². The van der Waals surface area contributed by atoms with Gasteiger partial charge >= 0.3 is 0 Å². The van der Waals surface area contributed by atoms with Gasteiger partial charge in [-0.2, -0.15) is 0 Å². The molecule has 0 atom stereocenters. The lowest BCUT2D eigenvalue weighted by Gasteiger charge is -2.19. The number of nitrogens with zero attached hydrogens (tertiary/aromatic N) is 3. The molecule has 3 aromatic carbocycles. The van der Waals surface area contributed by atoms with Crippen molar-refractivity contribution in [3.8, 4) is 0 Å². The fraction of sp³-hybridized carbons (Fsp3) is 0.154. The Hall–Kier alpha value is -3.66. The second-order valence-electron chi connectivity index (χ2n) is 7.80. The Bertz CT molecular complexity index is 1160. The highest BCUT2D eigenvalue weighted by atomic mass is 16.2. The minimum absolute atomic E-state index is 0.117. The van der Waals surface area contributed by atoms with Crippen LogP contribution in [0.5, 0.6) is 0 Å². The average Bonchev–Trinajstić information content (AvgIpc) is 3.04. The molecular formula is C26H25N3O. The normalized spacial score (nSPS) is 14.9. The molecule has 0 bridgehead atoms. The maximum absolute atomic E-state index is 13.4. The van der Waals surface area contributed by atoms with Gasteiger partial charge in [-0.1, -0.05) is 48.0 Å². The topological polar surface area (TPSA) is 35.9 Å². The summed E-state index contributed by atoms with van der Waals surface area (Å²) in [4.78, 5) is 21.9. The Labute approximate surface area is 177 Å². The first-order chi connectivity index (χ1) is 14.4. The van der Waals surface area contributed by atoms with Gasteiger partial charge in [-0.15, -0.1) is 0 Å². The van der Waals surface area contributed by atoms with Crippen molar-refractivity contribution >= 4 is 29.2 Å². The molecule has 30 heavy (non-hydrogen) atoms. The third-order valence-corrected chi connectivity index (χ3v) is 5.11. The summed E-state index contributed by atoms with van der Waals surface area (Å²) in [5.74, 6) is 0.541. The number of carbonyl (C=O) groups excluding carboxylic acids is 1. The van der Waals surface area contributed by atoms with Crippen molar-refractivity contribution in [2.45, 2.75) is 13.8 Å². The van der Waals surface area contributed by atoms with E-state index in [2.05, 4.69) is 6.07 Å². The van der Waals surface area contributed by atoms with Gasteiger partial charge in [0.1, 0.15) is 11.5 Å². The summed E-state index contributed by atoms with van der Waals surface area (Å²) >= 11 is 0. The van der Waals surface area contributed by atoms with Gasteiger partial charge < -0.3 is 4.90 Å². The number of amides is 1. The van der Waals surface area contributed by atoms with Crippen molar-refractivity contribution in [1.82, 2.24) is 0 Å². The zero-order valence-electron chi connectivity index (χ0n) is 17.8. The van der Waals surface area contributed by atoms with E-state index in [9.17, 15) is 4.79 Å². The van der Waals surface area contributed by atoms with Gasteiger partial charge in [0, 0.05) is 25.3 Å². The second-order valence-corrected chi connectivity index (χ2v) is 7.80. The highest BCUT2D eigenvalue weighted by Gasteiger charge is 2.32. The fourth-order valence-electron chi connectivity index (χ4n) is 3.53. The summed E-state index contributed by atoms with van der Waals surface area (Å²) in [5, 5.41) is 0. The van der Waals surface area contributed by atoms with E-state index in [1.807, 2.05) is 106 Å². The Kier molecular flexibility index (Phi) is 5.23. The predicted molar refractivity (Wildman–Crippen MR) is 125 cm³/mol. The number of hydrogen-bond donors (Lipinski definition) is 0. The lowest BCUT2D eigenvalue weighted by Crippen LogP contribution is -2.32. The van der Waals surface area contributed by atoms with Crippen LogP contribution in [0.4, 0.5) is 11.4 Å². The number of hydrogen-bond acceptors (Lipinski definition) is 3. The summed E-state index contributed by atoms with van der Waals surface area (Å²) in [6.45, 7) is 4.07. The molecule has 0 aliphatic carbocycles. The smallest absolute Gasteiger partial charge is 0.282 e. The lowest BCUT2D eigenvalue weighted by molar-refractivity contribution is -0.113. The molecule has 0 radical (unpaired) electrons. The molecule has 4 heteroatoms. The van der Waals surface area contributed by atoms with Gasteiger partial charge in [0.2, 0.25) is 0 Å². The molecule has 1 amide bonds. The van der Waals surface area contributed by atoms with Gasteiger partial charge in [-0.3, -0.25) is 9.69 Å². The van der Waals surface area contributed by atoms with E-state index < -0.39 is 0 Å². The molecule has 4 rings (SSSR count). The Morgan fingerprint density at radius 3 is 2.17 bits per heavy atom. The summed E-state index contributed by atoms with van der Waals surface area (Å²) in [6, 6.07) is 24.1. The molecule has 1 aliphatic heterocycles. The number of carbonyl (C=O) groups is 1. The number of amidine groups is 1. The van der Waals surface area contributed by atoms with Crippen LogP contribution in [-0.2, 0) is 4.79 Å². The molecule has 150 valence electrons. The molecule has 0 aromatic heterocycles. The molecular weight excluding hydrogens is 370 g/mol. The maximum Gasteiger partial charge on any atom is 0.282 e. The van der Waals surface area contributed by atoms with E-state index in [-0.39, 0.29) is 5.91 Å². The van der Waals surface area contributed by atoms with E-state index in [1.165, 1.54) is 0 Å². The van der Waals surface area contributed by atoms with Crippen LogP contribution in [-0.4, -0.2) is 25.8 Å². The zero-order chi connectivity index (χ0) is 21.3. The third-order valence-electron chi connectivity index (χ3n) is 5.11. The molecule has 1 aliphatic rings. The summed E-state index contributed by atoms with van der Waals surface area (Å²) in [6.07, 6.45) is 1.85. The third kappa shape index (κ3) is 3.90. The molecule has 0 spiro atoms. The standard InChI is InChI=1S/C26H25N3O/c1-18-7-5-9-21(15-18)25-27-24(17-20-11-13-22(14-12-20)28(3)4)26(30)29(25)23-10-6-8-19(2)16-23/h5-17H,1-4H3/b24-17+. The van der Waals surface area contributed by atoms with Crippen LogP contribution in [0, 0.1) is 13.8 Å². The van der Waals surface area contributed by atoms with Crippen molar-refractivity contribution in [3.05, 3.63) is 101 Å². The molecule has 4 nitrogen and oxygen atoms in total. The molecule has 0 fully saturated rings. The molecule has 3 aromatic rings. The van der Waals surface area contributed by atoms with Crippen molar-refractivity contribution in [2.24, 2.45) is 4.99 Å². The number of rotatable bonds is 4. The van der Waals surface area contributed by atoms with E-state index in [0.29, 0.717) is 11.5 Å². The first-order valence-electron chi connectivity index (χ1n) is 9.98. The molecule has 1 heterocycles. The van der Waals surface area contributed by atoms with Crippen LogP contribution in [0.15, 0.2) is 83.5 Å². The lowest BCUT2D eigenvalue weighted by atomic mass is 10.1. The maximum atomic E-state index is 13.4. The fourth-order valence-corrected chi connectivity index (χ4v) is 3.53. The van der Waals surface area contributed by atoms with Crippen molar-refractivity contribution in [2.75, 3.05) is 23.9 Å². The summed E-state index contributed by atoms with van der Waals surface area (Å²) in [7, 11) is 4.01. The summed E-state index contributed by atoms with van der Waals surface area (Å²) in [5.41, 5.74) is 6.47. The largest absolute Gasteiger partial charge is 0.378 e. The van der Waals surface area contributed by atoms with Crippen LogP contribution in [0.3, 0.4) is 0 Å². The summed E-state index contributed by atoms with van der Waals surface area (Å²) < 4.78 is 0. The van der Waals surface area contributed by atoms with Gasteiger partial charge in [0.05, 0.1) is 5.69 Å². The molecule has 0 N–H and O–H groups in total. The minimum atomic E-state index is -0.117. The number of benzene rings is 3. The van der Waals surface area contributed by atoms with Gasteiger partial charge in [0.25, 0.3) is 5.91 Å². The molecule has 0 saturated heterocycles. The van der Waals surface area contributed by atoms with Crippen LogP contribution < -0.4 is 9.80 Å². The highest BCUT2D eigenvalue weighted by molar-refractivity contribution is 6.33. The van der Waals surface area contributed by atoms with Crippen LogP contribution in [0.1, 0.15) is 22.3 Å². The monoisotopic (exact) mass is 395 g/mol. The van der Waals surface area contributed by atoms with Crippen molar-refractivity contribution in [3.63, 3.8) is 0 Å². The van der Waals surface area contributed by atoms with Crippen LogP contribution in [0.25, 0.3) is 6.08 Å². The van der Waals surface area contributed by atoms with Crippen molar-refractivity contribution < 1.29 is 4.79 Å². The van der Waals surface area contributed by atoms with Crippen molar-refractivity contribution in [1.29, 1.82) is 0 Å². The SMILES string of the molecule is Cc1cccc(C2=N/C(=C/c3ccc(N(C)C)cc3)C(=O)N2c2cccc(C)c2)c1. The van der Waals surface area contributed by atoms with E-state index in [1.54, 1.807) is 4.90 Å². The number of aryl methyl sites for hydroxylation is 2. The minimum Gasteiger partial charge on any atom is -0.378 e. The first-order valence-corrected chi connectivity index (χ1v) is 9.98. The van der Waals surface area contributed by atoms with Crippen LogP contribution >= 0.6 is 0 Å². The predicted octanol–water partition coefficient (Wildman–Crippen LogP) is 5.20. The van der Waals surface area contributed by atoms with E-state index in [4.69, 9.17) is 4.99 Å². The average molecular weight is 396 g/mol. The van der Waals surface area contributed by atoms with Crippen LogP contribution in [0.2, 0.25) is 0 Å². The number of anilines is 2. The zero-order valence-corrected chi connectivity index (χ0v) is 17.8. The molecule has 0 unspecified atom stereocenters. The van der Waals surface area contributed by atoms with Gasteiger partial charge in [0.15, 0.2) is 0 Å². The Morgan fingerprint density at radius 2 is 1.53 bits per heavy atom. The van der Waals surface area contributed by atoms with E-state index >= 15 is 0 Å². The quantitative estimate of drug-likeness (QED) is 0.569. The highest BCUT2D eigenvalue weighted by Crippen LogP contribution is 2.29. The van der Waals surface area contributed by atoms with Gasteiger partial charge in [-0.25, -0.2) is 4.99 Å². The van der Waals surface area contributed by atoms with Gasteiger partial charge in [-0.05, 0) is 61.4 Å². The molecule has 0 saturated carbocycles. The number of aliphatic imine (C=N–C) groups is 1. The Morgan fingerprint density at radius 1 is 0.867 bits per heavy atom.